The minimum absolute atomic E-state index is 0.143. The van der Waals surface area contributed by atoms with E-state index < -0.39 is 15.4 Å². The van der Waals surface area contributed by atoms with E-state index in [1.54, 1.807) is 0 Å². The highest BCUT2D eigenvalue weighted by atomic mass is 32.2. The lowest BCUT2D eigenvalue weighted by Gasteiger charge is -2.32. The van der Waals surface area contributed by atoms with E-state index in [1.165, 1.54) is 57.8 Å². The van der Waals surface area contributed by atoms with Crippen LogP contribution >= 0.6 is 0 Å². The highest BCUT2D eigenvalue weighted by Crippen LogP contribution is 2.28. The van der Waals surface area contributed by atoms with Gasteiger partial charge in [-0.1, -0.05) is 190 Å². The Balaban J connectivity index is 5.52. The second-order valence-corrected chi connectivity index (χ2v) is 23.8. The number of rotatable bonds is 57. The summed E-state index contributed by atoms with van der Waals surface area (Å²) in [6, 6.07) is 0. The molecule has 0 spiro atoms. The van der Waals surface area contributed by atoms with Crippen molar-refractivity contribution in [3.05, 3.63) is 72.9 Å². The standard InChI is InChI=1S/C66H118N2O8S/c1-6-9-12-15-18-21-24-27-30-33-36-39-42-45-48-53-63(69)74-60-66(56-51-59-77(72,73)67-57-52-58-68(4)5,61-75-64(70)54-49-46-43-40-37-34-31-28-25-22-19-16-13-10-7-2)62-76-65(71)55-50-47-44-41-38-35-32-29-26-23-20-17-14-11-8-3/h18-23,27-32,67H,6-17,24-26,33-62H2,1-5H3/b21-18-,22-19-,23-20-,30-27-,31-28-,32-29-. The Morgan fingerprint density at radius 2 is 0.701 bits per heavy atom. The summed E-state index contributed by atoms with van der Waals surface area (Å²) in [5.41, 5.74) is -1.10. The molecule has 1 N–H and O–H groups in total. The monoisotopic (exact) mass is 1100 g/mol. The highest BCUT2D eigenvalue weighted by molar-refractivity contribution is 7.89. The lowest BCUT2D eigenvalue weighted by molar-refractivity contribution is -0.162. The molecule has 0 aliphatic heterocycles. The van der Waals surface area contributed by atoms with Gasteiger partial charge in [-0.3, -0.25) is 14.4 Å². The molecule has 0 amide bonds. The molecule has 0 saturated carbocycles. The summed E-state index contributed by atoms with van der Waals surface area (Å²) in [6.45, 7) is 7.35. The zero-order valence-corrected chi connectivity index (χ0v) is 51.2. The number of hydrogen-bond acceptors (Lipinski definition) is 9. The van der Waals surface area contributed by atoms with E-state index in [0.29, 0.717) is 32.2 Å². The van der Waals surface area contributed by atoms with Crippen molar-refractivity contribution in [2.24, 2.45) is 5.41 Å². The average molecular weight is 1100 g/mol. The average Bonchev–Trinajstić information content (AvgIpc) is 3.41. The van der Waals surface area contributed by atoms with Crippen LogP contribution in [0, 0.1) is 5.41 Å². The Labute approximate surface area is 474 Å². The van der Waals surface area contributed by atoms with Crippen LogP contribution in [-0.2, 0) is 38.6 Å². The topological polar surface area (TPSA) is 128 Å². The SMILES string of the molecule is CCCCC/C=C\C/C=C\CCCCCCCC(=O)OCC(CCCS(=O)(=O)NCCCN(C)C)(COC(=O)CCCCCCC/C=C\C/C=C\CCCCC)COC(=O)CCCCCCC/C=C\C/C=C\CCCCC. The molecule has 77 heavy (non-hydrogen) atoms. The van der Waals surface area contributed by atoms with Gasteiger partial charge in [0, 0.05) is 25.8 Å². The maximum Gasteiger partial charge on any atom is 0.305 e. The molecule has 0 atom stereocenters. The van der Waals surface area contributed by atoms with Crippen LogP contribution in [0.15, 0.2) is 72.9 Å². The second kappa shape index (κ2) is 56.0. The van der Waals surface area contributed by atoms with Gasteiger partial charge in [0.1, 0.15) is 19.8 Å². The normalized spacial score (nSPS) is 12.6. The highest BCUT2D eigenvalue weighted by Gasteiger charge is 2.36. The third kappa shape index (κ3) is 54.5. The third-order valence-corrected chi connectivity index (χ3v) is 15.3. The maximum absolute atomic E-state index is 13.3. The number of hydrogen-bond donors (Lipinski definition) is 1. The quantitative estimate of drug-likeness (QED) is 0.0274. The van der Waals surface area contributed by atoms with Crippen molar-refractivity contribution in [2.45, 2.75) is 271 Å². The first-order valence-corrected chi connectivity index (χ1v) is 33.1. The maximum atomic E-state index is 13.3. The number of sulfonamides is 1. The number of carbonyl (C=O) groups is 3. The van der Waals surface area contributed by atoms with Gasteiger partial charge in [-0.15, -0.1) is 0 Å². The molecule has 0 heterocycles. The Kier molecular flexibility index (Phi) is 53.6. The number of esters is 3. The Morgan fingerprint density at radius 3 is 1.01 bits per heavy atom. The number of allylic oxidation sites excluding steroid dienone is 12. The number of carbonyl (C=O) groups excluding carboxylic acids is 3. The summed E-state index contributed by atoms with van der Waals surface area (Å²) in [5.74, 6) is -1.23. The molecule has 0 saturated heterocycles. The molecule has 10 nitrogen and oxygen atoms in total. The van der Waals surface area contributed by atoms with E-state index in [1.807, 2.05) is 19.0 Å². The molecular formula is C66H118N2O8S. The van der Waals surface area contributed by atoms with Crippen molar-refractivity contribution in [1.29, 1.82) is 0 Å². The summed E-state index contributed by atoms with van der Waals surface area (Å²) in [6.07, 6.45) is 64.7. The summed E-state index contributed by atoms with van der Waals surface area (Å²) < 4.78 is 46.8. The predicted octanol–water partition coefficient (Wildman–Crippen LogP) is 17.7. The molecular weight excluding hydrogens is 981 g/mol. The largest absolute Gasteiger partial charge is 0.465 e. The minimum atomic E-state index is -3.61. The Hall–Kier alpha value is -3.28. The van der Waals surface area contributed by atoms with Gasteiger partial charge in [-0.05, 0) is 155 Å². The smallest absolute Gasteiger partial charge is 0.305 e. The first-order chi connectivity index (χ1) is 37.5. The second-order valence-electron chi connectivity index (χ2n) is 21.9. The van der Waals surface area contributed by atoms with Gasteiger partial charge in [0.25, 0.3) is 0 Å². The van der Waals surface area contributed by atoms with Crippen LogP contribution in [0.1, 0.15) is 271 Å². The van der Waals surface area contributed by atoms with Gasteiger partial charge in [0.2, 0.25) is 10.0 Å². The fourth-order valence-electron chi connectivity index (χ4n) is 8.83. The van der Waals surface area contributed by atoms with E-state index in [2.05, 4.69) is 98.4 Å². The number of ether oxygens (including phenoxy) is 3. The fourth-order valence-corrected chi connectivity index (χ4v) is 9.96. The molecule has 0 rings (SSSR count). The summed E-state index contributed by atoms with van der Waals surface area (Å²) in [4.78, 5) is 41.9. The molecule has 0 radical (unpaired) electrons. The summed E-state index contributed by atoms with van der Waals surface area (Å²) >= 11 is 0. The molecule has 446 valence electrons. The van der Waals surface area contributed by atoms with Gasteiger partial charge >= 0.3 is 17.9 Å². The number of nitrogens with zero attached hydrogens (tertiary/aromatic N) is 1. The molecule has 0 aromatic heterocycles. The molecule has 0 aliphatic carbocycles. The molecule has 0 aromatic carbocycles. The first kappa shape index (κ1) is 73.7. The molecule has 0 aliphatic rings. The van der Waals surface area contributed by atoms with Crippen LogP contribution in [0.25, 0.3) is 0 Å². The number of nitrogens with one attached hydrogen (secondary N) is 1. The van der Waals surface area contributed by atoms with Crippen LogP contribution in [0.2, 0.25) is 0 Å². The van der Waals surface area contributed by atoms with Gasteiger partial charge in [-0.2, -0.15) is 0 Å². The van der Waals surface area contributed by atoms with E-state index in [9.17, 15) is 22.8 Å². The van der Waals surface area contributed by atoms with Crippen molar-refractivity contribution in [3.8, 4) is 0 Å². The Morgan fingerprint density at radius 1 is 0.403 bits per heavy atom. The van der Waals surface area contributed by atoms with Crippen molar-refractivity contribution in [2.75, 3.05) is 52.8 Å². The summed E-state index contributed by atoms with van der Waals surface area (Å²) in [7, 11) is 0.294. The zero-order chi connectivity index (χ0) is 56.4. The van der Waals surface area contributed by atoms with Gasteiger partial charge < -0.3 is 19.1 Å². The van der Waals surface area contributed by atoms with E-state index >= 15 is 0 Å². The predicted molar refractivity (Wildman–Crippen MR) is 328 cm³/mol. The van der Waals surface area contributed by atoms with E-state index in [-0.39, 0.29) is 75.6 Å². The molecule has 0 bridgehead atoms. The van der Waals surface area contributed by atoms with Gasteiger partial charge in [0.05, 0.1) is 11.2 Å². The van der Waals surface area contributed by atoms with Crippen LogP contribution in [0.5, 0.6) is 0 Å². The van der Waals surface area contributed by atoms with Gasteiger partial charge in [-0.25, -0.2) is 13.1 Å². The Bertz CT molecular complexity index is 1520. The van der Waals surface area contributed by atoms with Crippen molar-refractivity contribution >= 4 is 27.9 Å². The first-order valence-electron chi connectivity index (χ1n) is 31.5. The minimum Gasteiger partial charge on any atom is -0.465 e. The number of unbranched alkanes of at least 4 members (excludes halogenated alkanes) is 24. The van der Waals surface area contributed by atoms with Crippen molar-refractivity contribution in [3.63, 3.8) is 0 Å². The van der Waals surface area contributed by atoms with Crippen LogP contribution in [-0.4, -0.2) is 84.0 Å². The van der Waals surface area contributed by atoms with Crippen LogP contribution < -0.4 is 4.72 Å². The van der Waals surface area contributed by atoms with E-state index in [4.69, 9.17) is 14.2 Å². The van der Waals surface area contributed by atoms with Crippen molar-refractivity contribution in [1.82, 2.24) is 9.62 Å². The molecule has 0 aromatic rings. The van der Waals surface area contributed by atoms with Gasteiger partial charge in [0.15, 0.2) is 0 Å². The summed E-state index contributed by atoms with van der Waals surface area (Å²) in [5, 5.41) is 0. The van der Waals surface area contributed by atoms with Crippen LogP contribution in [0.4, 0.5) is 0 Å². The fraction of sp³-hybridized carbons (Fsp3) is 0.773. The zero-order valence-electron chi connectivity index (χ0n) is 50.4. The molecule has 0 unspecified atom stereocenters. The lowest BCUT2D eigenvalue weighted by atomic mass is 9.85. The molecule has 0 fully saturated rings. The van der Waals surface area contributed by atoms with E-state index in [0.717, 1.165) is 141 Å². The molecule has 11 heteroatoms. The lowest BCUT2D eigenvalue weighted by Crippen LogP contribution is -2.40. The van der Waals surface area contributed by atoms with Crippen LogP contribution in [0.3, 0.4) is 0 Å². The van der Waals surface area contributed by atoms with Crippen molar-refractivity contribution < 1.29 is 37.0 Å². The third-order valence-electron chi connectivity index (χ3n) is 13.8.